The Hall–Kier alpha value is -2.16. The molecule has 3 aromatic rings. The summed E-state index contributed by atoms with van der Waals surface area (Å²) in [7, 11) is 0. The molecule has 4 rings (SSSR count). The molecule has 0 fully saturated rings. The summed E-state index contributed by atoms with van der Waals surface area (Å²) in [5, 5.41) is 0. The summed E-state index contributed by atoms with van der Waals surface area (Å²) in [6.45, 7) is 0. The van der Waals surface area contributed by atoms with Crippen molar-refractivity contribution >= 4 is 0 Å². The fraction of sp³-hybridized carbons (Fsp3) is 0.250. The third kappa shape index (κ3) is 1.65. The lowest BCUT2D eigenvalue weighted by Crippen LogP contribution is -2.13. The van der Waals surface area contributed by atoms with Gasteiger partial charge in [0, 0.05) is 23.0 Å². The minimum absolute atomic E-state index is 0.385. The highest BCUT2D eigenvalue weighted by molar-refractivity contribution is 5.42. The van der Waals surface area contributed by atoms with Crippen molar-refractivity contribution in [2.24, 2.45) is 0 Å². The standard InChI is InChI=1S/C16H14O3/c1-2-14(12-4-6-18-8-12)16-10-19-9-15(16)13(1)11-3-5-17-7-11/h3-10,13-14H,1-2H2. The molecule has 2 unspecified atom stereocenters. The first-order valence-electron chi connectivity index (χ1n) is 6.53. The van der Waals surface area contributed by atoms with E-state index in [9.17, 15) is 0 Å². The van der Waals surface area contributed by atoms with Gasteiger partial charge in [-0.3, -0.25) is 0 Å². The van der Waals surface area contributed by atoms with E-state index in [0.29, 0.717) is 11.8 Å². The molecule has 0 aliphatic heterocycles. The Morgan fingerprint density at radius 3 is 1.63 bits per heavy atom. The van der Waals surface area contributed by atoms with Crippen molar-refractivity contribution in [1.82, 2.24) is 0 Å². The maximum absolute atomic E-state index is 5.46. The number of furan rings is 3. The lowest BCUT2D eigenvalue weighted by atomic mass is 9.75. The van der Waals surface area contributed by atoms with Gasteiger partial charge in [0.05, 0.1) is 37.6 Å². The molecule has 96 valence electrons. The third-order valence-corrected chi connectivity index (χ3v) is 4.11. The van der Waals surface area contributed by atoms with Crippen molar-refractivity contribution in [1.29, 1.82) is 0 Å². The molecule has 1 aliphatic rings. The van der Waals surface area contributed by atoms with Gasteiger partial charge in [-0.2, -0.15) is 0 Å². The van der Waals surface area contributed by atoms with Crippen molar-refractivity contribution in [3.8, 4) is 0 Å². The molecule has 0 bridgehead atoms. The number of hydrogen-bond donors (Lipinski definition) is 0. The van der Waals surface area contributed by atoms with Crippen LogP contribution in [0.5, 0.6) is 0 Å². The summed E-state index contributed by atoms with van der Waals surface area (Å²) in [5.74, 6) is 0.770. The number of rotatable bonds is 2. The second kappa shape index (κ2) is 4.19. The molecule has 0 spiro atoms. The predicted octanol–water partition coefficient (Wildman–Crippen LogP) is 4.52. The fourth-order valence-electron chi connectivity index (χ4n) is 3.17. The summed E-state index contributed by atoms with van der Waals surface area (Å²) in [4.78, 5) is 0. The Balaban J connectivity index is 1.76. The van der Waals surface area contributed by atoms with E-state index in [0.717, 1.165) is 12.8 Å². The Bertz CT molecular complexity index is 589. The van der Waals surface area contributed by atoms with E-state index in [1.54, 1.807) is 12.5 Å². The minimum Gasteiger partial charge on any atom is -0.472 e. The highest BCUT2D eigenvalue weighted by Crippen LogP contribution is 2.45. The van der Waals surface area contributed by atoms with Gasteiger partial charge in [0.25, 0.3) is 0 Å². The van der Waals surface area contributed by atoms with Crippen LogP contribution < -0.4 is 0 Å². The van der Waals surface area contributed by atoms with E-state index in [1.165, 1.54) is 22.3 Å². The van der Waals surface area contributed by atoms with Gasteiger partial charge in [-0.15, -0.1) is 0 Å². The highest BCUT2D eigenvalue weighted by Gasteiger charge is 2.31. The first-order valence-corrected chi connectivity index (χ1v) is 6.53. The van der Waals surface area contributed by atoms with Crippen LogP contribution in [0.3, 0.4) is 0 Å². The second-order valence-corrected chi connectivity index (χ2v) is 5.08. The first kappa shape index (κ1) is 10.7. The van der Waals surface area contributed by atoms with Crippen molar-refractivity contribution in [2.75, 3.05) is 0 Å². The van der Waals surface area contributed by atoms with Gasteiger partial charge in [0.15, 0.2) is 0 Å². The average Bonchev–Trinajstić information content (AvgIpc) is 3.19. The van der Waals surface area contributed by atoms with Gasteiger partial charge in [-0.1, -0.05) is 0 Å². The molecule has 3 heterocycles. The molecule has 3 heteroatoms. The molecule has 0 radical (unpaired) electrons. The van der Waals surface area contributed by atoms with E-state index in [2.05, 4.69) is 0 Å². The van der Waals surface area contributed by atoms with Gasteiger partial charge in [-0.25, -0.2) is 0 Å². The molecule has 0 N–H and O–H groups in total. The molecule has 0 saturated heterocycles. The van der Waals surface area contributed by atoms with Crippen LogP contribution in [0.2, 0.25) is 0 Å². The summed E-state index contributed by atoms with van der Waals surface area (Å²) in [6, 6.07) is 4.08. The fourth-order valence-corrected chi connectivity index (χ4v) is 3.17. The van der Waals surface area contributed by atoms with E-state index in [-0.39, 0.29) is 0 Å². The normalized spacial score (nSPS) is 22.3. The molecule has 0 saturated carbocycles. The van der Waals surface area contributed by atoms with Crippen LogP contribution in [-0.2, 0) is 0 Å². The zero-order valence-electron chi connectivity index (χ0n) is 10.4. The maximum Gasteiger partial charge on any atom is 0.0943 e. The van der Waals surface area contributed by atoms with Gasteiger partial charge >= 0.3 is 0 Å². The van der Waals surface area contributed by atoms with E-state index in [1.807, 2.05) is 37.2 Å². The van der Waals surface area contributed by atoms with E-state index < -0.39 is 0 Å². The lowest BCUT2D eigenvalue weighted by molar-refractivity contribution is 0.532. The summed E-state index contributed by atoms with van der Waals surface area (Å²) in [5.41, 5.74) is 5.01. The third-order valence-electron chi connectivity index (χ3n) is 4.11. The minimum atomic E-state index is 0.385. The maximum atomic E-state index is 5.46. The van der Waals surface area contributed by atoms with Crippen molar-refractivity contribution in [3.63, 3.8) is 0 Å². The average molecular weight is 254 g/mol. The topological polar surface area (TPSA) is 39.4 Å². The summed E-state index contributed by atoms with van der Waals surface area (Å²) in [6.07, 6.45) is 13.1. The van der Waals surface area contributed by atoms with Crippen molar-refractivity contribution in [3.05, 3.63) is 72.0 Å². The summed E-state index contributed by atoms with van der Waals surface area (Å²) >= 11 is 0. The Morgan fingerprint density at radius 1 is 0.684 bits per heavy atom. The largest absolute Gasteiger partial charge is 0.472 e. The predicted molar refractivity (Wildman–Crippen MR) is 69.0 cm³/mol. The Kier molecular flexibility index (Phi) is 2.37. The van der Waals surface area contributed by atoms with E-state index in [4.69, 9.17) is 13.3 Å². The lowest BCUT2D eigenvalue weighted by Gasteiger charge is -2.27. The molecule has 3 nitrogen and oxygen atoms in total. The zero-order valence-corrected chi connectivity index (χ0v) is 10.4. The molecule has 1 aliphatic carbocycles. The molecule has 2 atom stereocenters. The van der Waals surface area contributed by atoms with Crippen LogP contribution in [0.4, 0.5) is 0 Å². The summed E-state index contributed by atoms with van der Waals surface area (Å²) < 4.78 is 15.9. The number of hydrogen-bond acceptors (Lipinski definition) is 3. The quantitative estimate of drug-likeness (QED) is 0.674. The van der Waals surface area contributed by atoms with Gasteiger partial charge in [-0.05, 0) is 36.1 Å². The molecular weight excluding hydrogens is 240 g/mol. The van der Waals surface area contributed by atoms with Gasteiger partial charge in [0.1, 0.15) is 0 Å². The molecule has 19 heavy (non-hydrogen) atoms. The van der Waals surface area contributed by atoms with Crippen LogP contribution in [0.1, 0.15) is 46.9 Å². The highest BCUT2D eigenvalue weighted by atomic mass is 16.3. The smallest absolute Gasteiger partial charge is 0.0943 e. The van der Waals surface area contributed by atoms with E-state index >= 15 is 0 Å². The van der Waals surface area contributed by atoms with Crippen LogP contribution in [0, 0.1) is 0 Å². The zero-order chi connectivity index (χ0) is 12.7. The monoisotopic (exact) mass is 254 g/mol. The SMILES string of the molecule is c1cc(C2CCC(c3ccoc3)c3cocc32)co1. The van der Waals surface area contributed by atoms with Gasteiger partial charge < -0.3 is 13.3 Å². The van der Waals surface area contributed by atoms with Crippen LogP contribution >= 0.6 is 0 Å². The van der Waals surface area contributed by atoms with Gasteiger partial charge in [0.2, 0.25) is 0 Å². The second-order valence-electron chi connectivity index (χ2n) is 5.08. The van der Waals surface area contributed by atoms with Crippen molar-refractivity contribution < 1.29 is 13.3 Å². The Morgan fingerprint density at radius 2 is 1.21 bits per heavy atom. The number of fused-ring (bicyclic) bond motifs is 1. The van der Waals surface area contributed by atoms with Crippen LogP contribution in [0.25, 0.3) is 0 Å². The molecular formula is C16H14O3. The van der Waals surface area contributed by atoms with Crippen LogP contribution in [-0.4, -0.2) is 0 Å². The van der Waals surface area contributed by atoms with Crippen LogP contribution in [0.15, 0.2) is 63.0 Å². The Labute approximate surface area is 110 Å². The molecule has 3 aromatic heterocycles. The molecule has 0 aromatic carbocycles. The van der Waals surface area contributed by atoms with Crippen molar-refractivity contribution in [2.45, 2.75) is 24.7 Å². The first-order chi connectivity index (χ1) is 9.43. The molecule has 0 amide bonds.